The zero-order chi connectivity index (χ0) is 23.8. The number of carbonyl (C=O) groups is 2. The summed E-state index contributed by atoms with van der Waals surface area (Å²) in [5, 5.41) is 3.06. The van der Waals surface area contributed by atoms with Crippen LogP contribution in [0.5, 0.6) is 0 Å². The average Bonchev–Trinajstić information content (AvgIpc) is 2.85. The molecule has 6 heteroatoms. The van der Waals surface area contributed by atoms with E-state index in [1.165, 1.54) is 5.56 Å². The van der Waals surface area contributed by atoms with Crippen LogP contribution < -0.4 is 5.32 Å². The molecule has 0 spiro atoms. The number of rotatable bonds is 9. The van der Waals surface area contributed by atoms with Gasteiger partial charge in [0.05, 0.1) is 12.5 Å². The summed E-state index contributed by atoms with van der Waals surface area (Å²) < 4.78 is 0. The smallest absolute Gasteiger partial charge is 0.223 e. The Bertz CT molecular complexity index is 983. The molecule has 4 rings (SSSR count). The van der Waals surface area contributed by atoms with Crippen molar-refractivity contribution in [2.75, 3.05) is 39.3 Å². The quantitative estimate of drug-likeness (QED) is 0.580. The first-order valence-corrected chi connectivity index (χ1v) is 12.4. The lowest BCUT2D eigenvalue weighted by molar-refractivity contribution is -0.129. The van der Waals surface area contributed by atoms with E-state index in [1.807, 2.05) is 30.3 Å². The number of nitrogens with one attached hydrogen (secondary N) is 1. The van der Waals surface area contributed by atoms with Gasteiger partial charge < -0.3 is 15.1 Å². The van der Waals surface area contributed by atoms with Crippen LogP contribution in [0.3, 0.4) is 0 Å². The van der Waals surface area contributed by atoms with Gasteiger partial charge in [-0.25, -0.2) is 0 Å². The van der Waals surface area contributed by atoms with E-state index in [-0.39, 0.29) is 24.3 Å². The summed E-state index contributed by atoms with van der Waals surface area (Å²) in [6.07, 6.45) is 6.06. The van der Waals surface area contributed by atoms with E-state index in [4.69, 9.17) is 0 Å². The number of unbranched alkanes of at least 4 members (excludes halogenated alkanes) is 1. The molecule has 1 saturated heterocycles. The highest BCUT2D eigenvalue weighted by Gasteiger charge is 2.28. The normalized spacial score (nSPS) is 18.5. The second-order valence-electron chi connectivity index (χ2n) is 9.25. The van der Waals surface area contributed by atoms with Gasteiger partial charge in [-0.3, -0.25) is 14.5 Å². The van der Waals surface area contributed by atoms with Gasteiger partial charge in [0.2, 0.25) is 11.8 Å². The van der Waals surface area contributed by atoms with Crippen molar-refractivity contribution >= 4 is 17.9 Å². The lowest BCUT2D eigenvalue weighted by Gasteiger charge is -2.34. The minimum absolute atomic E-state index is 0.00382. The van der Waals surface area contributed by atoms with Gasteiger partial charge >= 0.3 is 0 Å². The number of benzene rings is 2. The monoisotopic (exact) mass is 460 g/mol. The van der Waals surface area contributed by atoms with Crippen LogP contribution in [0.2, 0.25) is 0 Å². The van der Waals surface area contributed by atoms with E-state index in [1.54, 1.807) is 18.0 Å². The molecular formula is C28H36N4O2. The molecule has 2 aromatic carbocycles. The Balaban J connectivity index is 1.13. The Kier molecular flexibility index (Phi) is 8.50. The maximum absolute atomic E-state index is 12.7. The third kappa shape index (κ3) is 6.55. The van der Waals surface area contributed by atoms with Crippen molar-refractivity contribution in [3.8, 4) is 0 Å². The fourth-order valence-corrected chi connectivity index (χ4v) is 4.86. The van der Waals surface area contributed by atoms with E-state index in [2.05, 4.69) is 45.4 Å². The molecular weight excluding hydrogens is 424 g/mol. The molecule has 0 radical (unpaired) electrons. The van der Waals surface area contributed by atoms with Crippen molar-refractivity contribution in [1.82, 2.24) is 20.0 Å². The molecule has 2 aliphatic heterocycles. The highest BCUT2D eigenvalue weighted by Crippen LogP contribution is 2.32. The highest BCUT2D eigenvalue weighted by molar-refractivity contribution is 5.81. The molecule has 0 aliphatic carbocycles. The van der Waals surface area contributed by atoms with Crippen molar-refractivity contribution in [3.05, 3.63) is 77.5 Å². The van der Waals surface area contributed by atoms with Crippen LogP contribution in [-0.4, -0.2) is 65.8 Å². The van der Waals surface area contributed by atoms with E-state index >= 15 is 0 Å². The van der Waals surface area contributed by atoms with Crippen LogP contribution in [-0.2, 0) is 16.1 Å². The average molecular weight is 461 g/mol. The van der Waals surface area contributed by atoms with Gasteiger partial charge in [-0.1, -0.05) is 54.6 Å². The molecule has 1 N–H and O–H groups in total. The topological polar surface area (TPSA) is 55.9 Å². The van der Waals surface area contributed by atoms with Crippen molar-refractivity contribution in [2.24, 2.45) is 0 Å². The van der Waals surface area contributed by atoms with Crippen LogP contribution in [0.15, 0.2) is 60.8 Å². The molecule has 1 atom stereocenters. The molecule has 6 nitrogen and oxygen atoms in total. The van der Waals surface area contributed by atoms with Crippen LogP contribution in [0.1, 0.15) is 48.9 Å². The van der Waals surface area contributed by atoms with Crippen molar-refractivity contribution < 1.29 is 9.59 Å². The second-order valence-corrected chi connectivity index (χ2v) is 9.25. The van der Waals surface area contributed by atoms with Gasteiger partial charge in [-0.05, 0) is 42.2 Å². The van der Waals surface area contributed by atoms with Gasteiger partial charge in [0, 0.05) is 52.4 Å². The van der Waals surface area contributed by atoms with Crippen LogP contribution in [0, 0.1) is 0 Å². The summed E-state index contributed by atoms with van der Waals surface area (Å²) in [7, 11) is 0. The number of carbonyl (C=O) groups excluding carboxylic acids is 2. The molecule has 2 aromatic rings. The molecule has 2 aliphatic rings. The molecule has 0 bridgehead atoms. The predicted octanol–water partition coefficient (Wildman–Crippen LogP) is 3.66. The first-order valence-electron chi connectivity index (χ1n) is 12.4. The minimum Gasteiger partial charge on any atom is -0.356 e. The number of piperazine rings is 1. The highest BCUT2D eigenvalue weighted by atomic mass is 16.2. The Morgan fingerprint density at radius 3 is 2.38 bits per heavy atom. The predicted molar refractivity (Wildman–Crippen MR) is 136 cm³/mol. The van der Waals surface area contributed by atoms with Crippen molar-refractivity contribution in [2.45, 2.75) is 38.8 Å². The fraction of sp³-hybridized carbons (Fsp3) is 0.429. The lowest BCUT2D eigenvalue weighted by atomic mass is 9.93. The van der Waals surface area contributed by atoms with Gasteiger partial charge in [0.25, 0.3) is 0 Å². The zero-order valence-electron chi connectivity index (χ0n) is 20.2. The summed E-state index contributed by atoms with van der Waals surface area (Å²) >= 11 is 0. The summed E-state index contributed by atoms with van der Waals surface area (Å²) in [6, 6.07) is 18.4. The number of amides is 2. The van der Waals surface area contributed by atoms with Gasteiger partial charge in [-0.15, -0.1) is 0 Å². The molecule has 2 amide bonds. The molecule has 34 heavy (non-hydrogen) atoms. The standard InChI is InChI=1S/C28H36N4O2/c1-23(33)32-16-13-25-11-5-6-12-26(25)27(32)21-28(34)29-14-7-8-15-30-17-19-31(20-18-30)22-24-9-3-2-4-10-24/h2-6,9-13,16,27H,7-8,14-15,17-22H2,1H3,(H,29,34). The maximum atomic E-state index is 12.7. The Morgan fingerprint density at radius 2 is 1.62 bits per heavy atom. The van der Waals surface area contributed by atoms with Crippen LogP contribution >= 0.6 is 0 Å². The number of fused-ring (bicyclic) bond motifs is 1. The summed E-state index contributed by atoms with van der Waals surface area (Å²) in [5.74, 6) is -0.0525. The van der Waals surface area contributed by atoms with E-state index in [0.29, 0.717) is 6.54 Å². The second kappa shape index (κ2) is 12.0. The molecule has 0 aromatic heterocycles. The molecule has 1 fully saturated rings. The fourth-order valence-electron chi connectivity index (χ4n) is 4.86. The van der Waals surface area contributed by atoms with Gasteiger partial charge in [0.1, 0.15) is 0 Å². The lowest BCUT2D eigenvalue weighted by Crippen LogP contribution is -2.46. The number of nitrogens with zero attached hydrogens (tertiary/aromatic N) is 3. The third-order valence-corrected chi connectivity index (χ3v) is 6.79. The SMILES string of the molecule is CC(=O)N1C=Cc2ccccc2C1CC(=O)NCCCCN1CCN(Cc2ccccc2)CC1. The largest absolute Gasteiger partial charge is 0.356 e. The maximum Gasteiger partial charge on any atom is 0.223 e. The number of hydrogen-bond donors (Lipinski definition) is 1. The Labute approximate surface area is 203 Å². The molecule has 0 saturated carbocycles. The van der Waals surface area contributed by atoms with Gasteiger partial charge in [0.15, 0.2) is 0 Å². The number of hydrogen-bond acceptors (Lipinski definition) is 4. The van der Waals surface area contributed by atoms with Crippen LogP contribution in [0.4, 0.5) is 0 Å². The minimum atomic E-state index is -0.245. The summed E-state index contributed by atoms with van der Waals surface area (Å²) in [5.41, 5.74) is 3.48. The summed E-state index contributed by atoms with van der Waals surface area (Å²) in [4.78, 5) is 31.5. The molecule has 2 heterocycles. The third-order valence-electron chi connectivity index (χ3n) is 6.79. The van der Waals surface area contributed by atoms with E-state index < -0.39 is 0 Å². The van der Waals surface area contributed by atoms with E-state index in [0.717, 1.165) is 63.2 Å². The Morgan fingerprint density at radius 1 is 0.912 bits per heavy atom. The first-order chi connectivity index (χ1) is 16.6. The molecule has 180 valence electrons. The van der Waals surface area contributed by atoms with Crippen molar-refractivity contribution in [1.29, 1.82) is 0 Å². The molecule has 1 unspecified atom stereocenters. The van der Waals surface area contributed by atoms with Gasteiger partial charge in [-0.2, -0.15) is 0 Å². The first kappa shape index (κ1) is 24.2. The van der Waals surface area contributed by atoms with Crippen molar-refractivity contribution in [3.63, 3.8) is 0 Å². The zero-order valence-corrected chi connectivity index (χ0v) is 20.2. The Hall–Kier alpha value is -2.96. The summed E-state index contributed by atoms with van der Waals surface area (Å²) in [6.45, 7) is 8.76. The van der Waals surface area contributed by atoms with Crippen LogP contribution in [0.25, 0.3) is 6.08 Å². The van der Waals surface area contributed by atoms with E-state index in [9.17, 15) is 9.59 Å².